The molecule has 0 saturated heterocycles. The van der Waals surface area contributed by atoms with Gasteiger partial charge >= 0.3 is 0 Å². The molecule has 0 saturated carbocycles. The predicted molar refractivity (Wildman–Crippen MR) is 125 cm³/mol. The SMILES string of the molecule is CCc1ccc(N(CC(=O)Nc2cc(OC)ccc2OC)S(=O)(=O)c2ccccc2)cc1. The molecule has 0 aliphatic rings. The number of hydrogen-bond acceptors (Lipinski definition) is 5. The zero-order valence-electron chi connectivity index (χ0n) is 18.2. The maximum Gasteiger partial charge on any atom is 0.264 e. The van der Waals surface area contributed by atoms with E-state index in [1.807, 2.05) is 19.1 Å². The quantitative estimate of drug-likeness (QED) is 0.526. The van der Waals surface area contributed by atoms with Gasteiger partial charge in [-0.15, -0.1) is 0 Å². The Balaban J connectivity index is 1.94. The first-order chi connectivity index (χ1) is 15.4. The maximum atomic E-state index is 13.4. The van der Waals surface area contributed by atoms with Gasteiger partial charge in [-0.25, -0.2) is 8.42 Å². The average molecular weight is 455 g/mol. The number of benzene rings is 3. The Hall–Kier alpha value is -3.52. The molecule has 7 nitrogen and oxygen atoms in total. The summed E-state index contributed by atoms with van der Waals surface area (Å²) in [4.78, 5) is 13.1. The second-order valence-corrected chi connectivity index (χ2v) is 8.82. The van der Waals surface area contributed by atoms with E-state index < -0.39 is 22.5 Å². The molecular weight excluding hydrogens is 428 g/mol. The molecule has 0 fully saturated rings. The van der Waals surface area contributed by atoms with E-state index in [9.17, 15) is 13.2 Å². The van der Waals surface area contributed by atoms with Crippen LogP contribution in [-0.2, 0) is 21.2 Å². The topological polar surface area (TPSA) is 84.9 Å². The van der Waals surface area contributed by atoms with E-state index in [1.54, 1.807) is 48.5 Å². The van der Waals surface area contributed by atoms with Gasteiger partial charge in [0, 0.05) is 6.07 Å². The molecule has 0 aromatic heterocycles. The summed E-state index contributed by atoms with van der Waals surface area (Å²) >= 11 is 0. The molecule has 1 amide bonds. The fourth-order valence-electron chi connectivity index (χ4n) is 3.16. The van der Waals surface area contributed by atoms with Crippen LogP contribution in [0.3, 0.4) is 0 Å². The molecular formula is C24H26N2O5S. The largest absolute Gasteiger partial charge is 0.497 e. The van der Waals surface area contributed by atoms with E-state index in [4.69, 9.17) is 9.47 Å². The summed E-state index contributed by atoms with van der Waals surface area (Å²) in [6.45, 7) is 1.60. The number of carbonyl (C=O) groups is 1. The van der Waals surface area contributed by atoms with Gasteiger partial charge in [0.15, 0.2) is 0 Å². The van der Waals surface area contributed by atoms with Crippen molar-refractivity contribution in [2.45, 2.75) is 18.2 Å². The lowest BCUT2D eigenvalue weighted by Gasteiger charge is -2.24. The minimum Gasteiger partial charge on any atom is -0.497 e. The molecule has 0 unspecified atom stereocenters. The Labute approximate surface area is 188 Å². The molecule has 0 bridgehead atoms. The van der Waals surface area contributed by atoms with Crippen LogP contribution in [0.4, 0.5) is 11.4 Å². The first-order valence-electron chi connectivity index (χ1n) is 10.1. The minimum absolute atomic E-state index is 0.103. The third-order valence-electron chi connectivity index (χ3n) is 4.93. The number of nitrogens with zero attached hydrogens (tertiary/aromatic N) is 1. The monoisotopic (exact) mass is 454 g/mol. The van der Waals surface area contributed by atoms with Gasteiger partial charge in [0.2, 0.25) is 5.91 Å². The van der Waals surface area contributed by atoms with Crippen molar-refractivity contribution in [3.63, 3.8) is 0 Å². The van der Waals surface area contributed by atoms with Crippen LogP contribution >= 0.6 is 0 Å². The van der Waals surface area contributed by atoms with Crippen LogP contribution in [0.2, 0.25) is 0 Å². The Kier molecular flexibility index (Phi) is 7.37. The van der Waals surface area contributed by atoms with Gasteiger partial charge < -0.3 is 14.8 Å². The summed E-state index contributed by atoms with van der Waals surface area (Å²) in [5, 5.41) is 2.73. The summed E-state index contributed by atoms with van der Waals surface area (Å²) < 4.78 is 38.4. The number of anilines is 2. The molecule has 32 heavy (non-hydrogen) atoms. The van der Waals surface area contributed by atoms with E-state index >= 15 is 0 Å². The molecule has 3 rings (SSSR count). The molecule has 1 N–H and O–H groups in total. The molecule has 0 spiro atoms. The Bertz CT molecular complexity index is 1160. The summed E-state index contributed by atoms with van der Waals surface area (Å²) in [6.07, 6.45) is 0.821. The van der Waals surface area contributed by atoms with Crippen molar-refractivity contribution in [2.75, 3.05) is 30.4 Å². The van der Waals surface area contributed by atoms with Crippen LogP contribution in [0.1, 0.15) is 12.5 Å². The summed E-state index contributed by atoms with van der Waals surface area (Å²) in [6, 6.07) is 20.1. The predicted octanol–water partition coefficient (Wildman–Crippen LogP) is 4.10. The minimum atomic E-state index is -3.97. The standard InChI is InChI=1S/C24H26N2O5S/c1-4-18-10-12-19(13-11-18)26(32(28,29)21-8-6-5-7-9-21)17-24(27)25-22-16-20(30-2)14-15-23(22)31-3/h5-16H,4,17H2,1-3H3,(H,25,27). The summed E-state index contributed by atoms with van der Waals surface area (Å²) in [5.41, 5.74) is 1.85. The highest BCUT2D eigenvalue weighted by atomic mass is 32.2. The number of amides is 1. The second-order valence-electron chi connectivity index (χ2n) is 6.96. The van der Waals surface area contributed by atoms with Gasteiger partial charge in [-0.05, 0) is 48.4 Å². The molecule has 3 aromatic rings. The number of hydrogen-bond donors (Lipinski definition) is 1. The van der Waals surface area contributed by atoms with Crippen LogP contribution < -0.4 is 19.1 Å². The van der Waals surface area contributed by atoms with Crippen molar-refractivity contribution in [3.05, 3.63) is 78.4 Å². The smallest absolute Gasteiger partial charge is 0.264 e. The Morgan fingerprint density at radius 2 is 1.62 bits per heavy atom. The van der Waals surface area contributed by atoms with Crippen LogP contribution in [0.5, 0.6) is 11.5 Å². The van der Waals surface area contributed by atoms with Gasteiger partial charge in [0.05, 0.1) is 30.5 Å². The van der Waals surface area contributed by atoms with Gasteiger partial charge in [0.1, 0.15) is 18.0 Å². The fourth-order valence-corrected chi connectivity index (χ4v) is 4.61. The number of carbonyl (C=O) groups excluding carboxylic acids is 1. The van der Waals surface area contributed by atoms with E-state index in [0.717, 1.165) is 16.3 Å². The molecule has 168 valence electrons. The van der Waals surface area contributed by atoms with Crippen molar-refractivity contribution in [1.29, 1.82) is 0 Å². The van der Waals surface area contributed by atoms with Crippen molar-refractivity contribution in [3.8, 4) is 11.5 Å². The summed E-state index contributed by atoms with van der Waals surface area (Å²) in [5.74, 6) is 0.449. The lowest BCUT2D eigenvalue weighted by atomic mass is 10.1. The van der Waals surface area contributed by atoms with Crippen LogP contribution in [-0.4, -0.2) is 35.1 Å². The van der Waals surface area contributed by atoms with Gasteiger partial charge in [-0.1, -0.05) is 37.3 Å². The highest BCUT2D eigenvalue weighted by molar-refractivity contribution is 7.92. The number of rotatable bonds is 9. The molecule has 0 aliphatic carbocycles. The third-order valence-corrected chi connectivity index (χ3v) is 6.72. The number of ether oxygens (including phenoxy) is 2. The molecule has 0 radical (unpaired) electrons. The van der Waals surface area contributed by atoms with Gasteiger partial charge in [0.25, 0.3) is 10.0 Å². The molecule has 0 atom stereocenters. The van der Waals surface area contributed by atoms with Gasteiger partial charge in [-0.3, -0.25) is 9.10 Å². The highest BCUT2D eigenvalue weighted by Gasteiger charge is 2.27. The molecule has 0 heterocycles. The van der Waals surface area contributed by atoms with Crippen LogP contribution in [0.25, 0.3) is 0 Å². The molecule has 8 heteroatoms. The van der Waals surface area contributed by atoms with E-state index in [2.05, 4.69) is 5.32 Å². The normalized spacial score (nSPS) is 11.0. The van der Waals surface area contributed by atoms with Gasteiger partial charge in [-0.2, -0.15) is 0 Å². The average Bonchev–Trinajstić information content (AvgIpc) is 2.83. The van der Waals surface area contributed by atoms with Crippen LogP contribution in [0, 0.1) is 0 Å². The molecule has 0 aliphatic heterocycles. The Morgan fingerprint density at radius 3 is 2.22 bits per heavy atom. The number of methoxy groups -OCH3 is 2. The Morgan fingerprint density at radius 1 is 0.938 bits per heavy atom. The first-order valence-corrected chi connectivity index (χ1v) is 11.5. The van der Waals surface area contributed by atoms with E-state index in [0.29, 0.717) is 22.9 Å². The lowest BCUT2D eigenvalue weighted by molar-refractivity contribution is -0.114. The zero-order chi connectivity index (χ0) is 23.1. The second kappa shape index (κ2) is 10.2. The first kappa shape index (κ1) is 23.1. The highest BCUT2D eigenvalue weighted by Crippen LogP contribution is 2.29. The van der Waals surface area contributed by atoms with Crippen molar-refractivity contribution < 1.29 is 22.7 Å². The maximum absolute atomic E-state index is 13.4. The molecule has 3 aromatic carbocycles. The lowest BCUT2D eigenvalue weighted by Crippen LogP contribution is -2.38. The third kappa shape index (κ3) is 5.20. The van der Waals surface area contributed by atoms with E-state index in [-0.39, 0.29) is 4.90 Å². The van der Waals surface area contributed by atoms with Crippen molar-refractivity contribution in [2.24, 2.45) is 0 Å². The fraction of sp³-hybridized carbons (Fsp3) is 0.208. The van der Waals surface area contributed by atoms with E-state index in [1.165, 1.54) is 26.4 Å². The number of aryl methyl sites for hydroxylation is 1. The number of sulfonamides is 1. The zero-order valence-corrected chi connectivity index (χ0v) is 19.1. The summed E-state index contributed by atoms with van der Waals surface area (Å²) in [7, 11) is -0.973. The van der Waals surface area contributed by atoms with Crippen LogP contribution in [0.15, 0.2) is 77.7 Å². The van der Waals surface area contributed by atoms with Crippen molar-refractivity contribution in [1.82, 2.24) is 0 Å². The van der Waals surface area contributed by atoms with Crippen molar-refractivity contribution >= 4 is 27.3 Å². The number of nitrogens with one attached hydrogen (secondary N) is 1.